The van der Waals surface area contributed by atoms with Crippen LogP contribution in [0.2, 0.25) is 0 Å². The van der Waals surface area contributed by atoms with Crippen molar-refractivity contribution in [2.45, 2.75) is 55.7 Å². The van der Waals surface area contributed by atoms with Crippen molar-refractivity contribution in [1.29, 1.82) is 0 Å². The Morgan fingerprint density at radius 3 is 1.66 bits per heavy atom. The van der Waals surface area contributed by atoms with Crippen LogP contribution in [-0.4, -0.2) is 95.2 Å². The Hall–Kier alpha value is -2.86. The zero-order chi connectivity index (χ0) is 28.5. The first-order valence-electron chi connectivity index (χ1n) is 12.2. The number of allylic oxidation sites excluding steroid dienone is 1. The van der Waals surface area contributed by atoms with Gasteiger partial charge >= 0.3 is 0 Å². The average molecular weight is 537 g/mol. The van der Waals surface area contributed by atoms with Crippen molar-refractivity contribution in [3.05, 3.63) is 59.7 Å². The average Bonchev–Trinajstić information content (AvgIpc) is 2.94. The van der Waals surface area contributed by atoms with Crippen LogP contribution in [0.15, 0.2) is 48.6 Å². The van der Waals surface area contributed by atoms with Crippen LogP contribution in [0.4, 0.5) is 0 Å². The first-order valence-corrected chi connectivity index (χ1v) is 12.2. The van der Waals surface area contributed by atoms with Crippen molar-refractivity contribution in [2.24, 2.45) is 0 Å². The van der Waals surface area contributed by atoms with Crippen molar-refractivity contribution in [1.82, 2.24) is 0 Å². The lowest BCUT2D eigenvalue weighted by molar-refractivity contribution is -0.228. The number of methoxy groups -OCH3 is 4. The molecule has 0 aliphatic heterocycles. The summed E-state index contributed by atoms with van der Waals surface area (Å²) in [5, 5.41) is 66.0. The summed E-state index contributed by atoms with van der Waals surface area (Å²) in [7, 11) is 5.86. The van der Waals surface area contributed by atoms with Crippen LogP contribution >= 0.6 is 0 Å². The number of rotatable bonds is 15. The third kappa shape index (κ3) is 6.96. The minimum absolute atomic E-state index is 0.102. The number of aliphatic hydroxyl groups excluding tert-OH is 4. The Bertz CT molecular complexity index is 1060. The third-order valence-electron chi connectivity index (χ3n) is 6.65. The maximum Gasteiger partial charge on any atom is 0.160 e. The van der Waals surface area contributed by atoms with Gasteiger partial charge in [-0.2, -0.15) is 0 Å². The van der Waals surface area contributed by atoms with Crippen LogP contribution in [0, 0.1) is 0 Å². The smallest absolute Gasteiger partial charge is 0.160 e. The molecule has 0 fully saturated rings. The Labute approximate surface area is 223 Å². The second-order valence-corrected chi connectivity index (χ2v) is 9.20. The van der Waals surface area contributed by atoms with Crippen LogP contribution < -0.4 is 18.9 Å². The fourth-order valence-electron chi connectivity index (χ4n) is 4.53. The van der Waals surface area contributed by atoms with Gasteiger partial charge in [0.1, 0.15) is 29.5 Å². The lowest BCUT2D eigenvalue weighted by atomic mass is 9.71. The van der Waals surface area contributed by atoms with E-state index >= 15 is 0 Å². The number of ether oxygens (including phenoxy) is 4. The molecule has 0 aliphatic carbocycles. The first kappa shape index (κ1) is 31.4. The summed E-state index contributed by atoms with van der Waals surface area (Å²) >= 11 is 0. The second-order valence-electron chi connectivity index (χ2n) is 9.20. The van der Waals surface area contributed by atoms with E-state index in [2.05, 4.69) is 0 Å². The maximum atomic E-state index is 11.8. The summed E-state index contributed by atoms with van der Waals surface area (Å²) in [6.07, 6.45) is -3.20. The molecular weight excluding hydrogens is 496 g/mol. The summed E-state index contributed by atoms with van der Waals surface area (Å²) in [4.78, 5) is 0. The SMILES string of the molecule is C/C=C/CC(O)(Cc1ccc(OC)c(OC)c1)[C@@H](O)[C@@](O)(Cc1ccc(OC)c(OC)c1)[C@H](O)[C@@H](O)CO. The minimum Gasteiger partial charge on any atom is -0.493 e. The first-order chi connectivity index (χ1) is 18.0. The van der Waals surface area contributed by atoms with Crippen molar-refractivity contribution in [2.75, 3.05) is 35.0 Å². The molecule has 10 heteroatoms. The van der Waals surface area contributed by atoms with Gasteiger partial charge in [0.25, 0.3) is 0 Å². The number of aliphatic hydroxyl groups is 6. The number of benzene rings is 2. The van der Waals surface area contributed by atoms with Gasteiger partial charge < -0.3 is 49.6 Å². The molecular formula is C28H40O10. The van der Waals surface area contributed by atoms with Crippen molar-refractivity contribution in [3.63, 3.8) is 0 Å². The lowest BCUT2D eigenvalue weighted by Crippen LogP contribution is -2.66. The molecule has 0 spiro atoms. The normalized spacial score (nSPS) is 17.2. The van der Waals surface area contributed by atoms with Crippen LogP contribution in [0.3, 0.4) is 0 Å². The standard InChI is InChI=1S/C28H40O10/c1-6-7-12-27(33,15-18-8-10-21(35-2)23(13-18)37-4)26(32)28(34,25(31)20(30)17-29)16-19-9-11-22(36-3)24(14-19)38-5/h6-11,13-14,20,25-26,29-34H,12,15-17H2,1-5H3/b7-6+/t20-,25+,26+,27?,28+/m0/s1. The molecule has 5 atom stereocenters. The van der Waals surface area contributed by atoms with Gasteiger partial charge in [-0.05, 0) is 48.7 Å². The highest BCUT2D eigenvalue weighted by molar-refractivity contribution is 5.44. The van der Waals surface area contributed by atoms with E-state index in [1.54, 1.807) is 55.5 Å². The van der Waals surface area contributed by atoms with Gasteiger partial charge in [0.2, 0.25) is 0 Å². The largest absolute Gasteiger partial charge is 0.493 e. The molecule has 0 bridgehead atoms. The molecule has 2 aromatic carbocycles. The van der Waals surface area contributed by atoms with Gasteiger partial charge in [0.15, 0.2) is 23.0 Å². The Kier molecular flexibility index (Phi) is 11.4. The van der Waals surface area contributed by atoms with E-state index < -0.39 is 42.5 Å². The topological polar surface area (TPSA) is 158 Å². The molecule has 0 saturated heterocycles. The van der Waals surface area contributed by atoms with Crippen molar-refractivity contribution < 1.29 is 49.6 Å². The molecule has 212 valence electrons. The zero-order valence-corrected chi connectivity index (χ0v) is 22.5. The third-order valence-corrected chi connectivity index (χ3v) is 6.65. The van der Waals surface area contributed by atoms with E-state index in [0.717, 1.165) is 0 Å². The predicted octanol–water partition coefficient (Wildman–Crippen LogP) is 1.01. The molecule has 0 amide bonds. The van der Waals surface area contributed by atoms with E-state index in [9.17, 15) is 30.6 Å². The zero-order valence-electron chi connectivity index (χ0n) is 22.5. The van der Waals surface area contributed by atoms with Crippen molar-refractivity contribution >= 4 is 0 Å². The van der Waals surface area contributed by atoms with Gasteiger partial charge in [0, 0.05) is 12.8 Å². The van der Waals surface area contributed by atoms with Gasteiger partial charge in [-0.25, -0.2) is 0 Å². The predicted molar refractivity (Wildman–Crippen MR) is 141 cm³/mol. The summed E-state index contributed by atoms with van der Waals surface area (Å²) in [6.45, 7) is 0.856. The Morgan fingerprint density at radius 1 is 0.763 bits per heavy atom. The quantitative estimate of drug-likeness (QED) is 0.181. The van der Waals surface area contributed by atoms with E-state index in [1.807, 2.05) is 0 Å². The van der Waals surface area contributed by atoms with Crippen LogP contribution in [0.5, 0.6) is 23.0 Å². The molecule has 10 nitrogen and oxygen atoms in total. The van der Waals surface area contributed by atoms with Gasteiger partial charge in [0.05, 0.1) is 35.0 Å². The van der Waals surface area contributed by atoms with Gasteiger partial charge in [-0.1, -0.05) is 24.3 Å². The van der Waals surface area contributed by atoms with Crippen LogP contribution in [-0.2, 0) is 12.8 Å². The fraction of sp³-hybridized carbons (Fsp3) is 0.500. The monoisotopic (exact) mass is 536 g/mol. The second kappa shape index (κ2) is 13.8. The molecule has 0 saturated carbocycles. The highest BCUT2D eigenvalue weighted by atomic mass is 16.5. The molecule has 1 unspecified atom stereocenters. The molecule has 2 aromatic rings. The fourth-order valence-corrected chi connectivity index (χ4v) is 4.53. The lowest BCUT2D eigenvalue weighted by Gasteiger charge is -2.46. The Balaban J connectivity index is 2.59. The summed E-state index contributed by atoms with van der Waals surface area (Å²) in [6, 6.07) is 9.70. The van der Waals surface area contributed by atoms with E-state index in [4.69, 9.17) is 18.9 Å². The molecule has 0 aromatic heterocycles. The Morgan fingerprint density at radius 2 is 1.24 bits per heavy atom. The molecule has 0 aliphatic rings. The maximum absolute atomic E-state index is 11.8. The number of hydrogen-bond acceptors (Lipinski definition) is 10. The molecule has 6 N–H and O–H groups in total. The summed E-state index contributed by atoms with van der Waals surface area (Å²) in [5.74, 6) is 1.65. The molecule has 0 heterocycles. The van der Waals surface area contributed by atoms with E-state index in [1.165, 1.54) is 28.4 Å². The van der Waals surface area contributed by atoms with E-state index in [0.29, 0.717) is 34.1 Å². The van der Waals surface area contributed by atoms with E-state index in [-0.39, 0.29) is 12.8 Å². The van der Waals surface area contributed by atoms with Crippen molar-refractivity contribution in [3.8, 4) is 23.0 Å². The molecule has 2 rings (SSSR count). The highest BCUT2D eigenvalue weighted by Gasteiger charge is 2.54. The van der Waals surface area contributed by atoms with Gasteiger partial charge in [-0.3, -0.25) is 0 Å². The molecule has 0 radical (unpaired) electrons. The number of hydrogen-bond donors (Lipinski definition) is 6. The van der Waals surface area contributed by atoms with Crippen LogP contribution in [0.1, 0.15) is 24.5 Å². The van der Waals surface area contributed by atoms with Gasteiger partial charge in [-0.15, -0.1) is 0 Å². The van der Waals surface area contributed by atoms with Crippen LogP contribution in [0.25, 0.3) is 0 Å². The highest BCUT2D eigenvalue weighted by Crippen LogP contribution is 2.37. The summed E-state index contributed by atoms with van der Waals surface area (Å²) < 4.78 is 21.2. The molecule has 38 heavy (non-hydrogen) atoms. The minimum atomic E-state index is -2.51. The summed E-state index contributed by atoms with van der Waals surface area (Å²) in [5.41, 5.74) is -3.56.